The van der Waals surface area contributed by atoms with Gasteiger partial charge in [0.15, 0.2) is 0 Å². The van der Waals surface area contributed by atoms with Gasteiger partial charge in [-0.25, -0.2) is 0 Å². The molecule has 0 aliphatic rings. The highest BCUT2D eigenvalue weighted by atomic mass is 79.9. The lowest BCUT2D eigenvalue weighted by Gasteiger charge is -2.08. The molecule has 118 valence electrons. The molecule has 0 aliphatic heterocycles. The summed E-state index contributed by atoms with van der Waals surface area (Å²) in [6, 6.07) is 8.85. The van der Waals surface area contributed by atoms with E-state index in [1.54, 1.807) is 32.4 Å². The van der Waals surface area contributed by atoms with Crippen molar-refractivity contribution < 1.29 is 13.9 Å². The van der Waals surface area contributed by atoms with Crippen molar-refractivity contribution in [3.05, 3.63) is 55.8 Å². The molecule has 0 unspecified atom stereocenters. The van der Waals surface area contributed by atoms with E-state index >= 15 is 0 Å². The van der Waals surface area contributed by atoms with E-state index in [0.29, 0.717) is 32.5 Å². The first kappa shape index (κ1) is 16.1. The van der Waals surface area contributed by atoms with Crippen molar-refractivity contribution in [2.24, 2.45) is 0 Å². The highest BCUT2D eigenvalue weighted by Gasteiger charge is 2.13. The molecule has 23 heavy (non-hydrogen) atoms. The summed E-state index contributed by atoms with van der Waals surface area (Å²) in [5.41, 5.74) is 1.61. The minimum atomic E-state index is -0.105. The Balaban J connectivity index is 2.21. The van der Waals surface area contributed by atoms with Crippen molar-refractivity contribution in [1.82, 2.24) is 0 Å². The minimum Gasteiger partial charge on any atom is -0.496 e. The molecular weight excluding hydrogens is 428 g/mol. The zero-order valence-electron chi connectivity index (χ0n) is 12.4. The van der Waals surface area contributed by atoms with Crippen LogP contribution in [0.4, 0.5) is 0 Å². The van der Waals surface area contributed by atoms with Crippen molar-refractivity contribution in [3.8, 4) is 22.6 Å². The first-order valence-corrected chi connectivity index (χ1v) is 8.26. The number of ether oxygens (including phenoxy) is 2. The van der Waals surface area contributed by atoms with Crippen LogP contribution in [0.3, 0.4) is 0 Å². The lowest BCUT2D eigenvalue weighted by atomic mass is 10.1. The Hall–Kier alpha value is -1.79. The van der Waals surface area contributed by atoms with Gasteiger partial charge in [0, 0.05) is 6.07 Å². The average molecular weight is 440 g/mol. The molecule has 0 fully saturated rings. The van der Waals surface area contributed by atoms with Crippen LogP contribution in [-0.4, -0.2) is 14.2 Å². The largest absolute Gasteiger partial charge is 0.496 e. The van der Waals surface area contributed by atoms with Crippen molar-refractivity contribution in [2.45, 2.75) is 0 Å². The second kappa shape index (κ2) is 6.37. The third-order valence-corrected chi connectivity index (χ3v) is 4.75. The predicted octanol–water partition coefficient (Wildman–Crippen LogP) is 5.00. The summed E-state index contributed by atoms with van der Waals surface area (Å²) in [6.07, 6.45) is 1.46. The van der Waals surface area contributed by atoms with E-state index in [1.165, 1.54) is 6.26 Å². The highest BCUT2D eigenvalue weighted by molar-refractivity contribution is 9.10. The van der Waals surface area contributed by atoms with Crippen LogP contribution in [0.25, 0.3) is 22.1 Å². The molecule has 1 aromatic heterocycles. The standard InChI is InChI=1S/C17H12Br2O4/c1-21-14-4-3-9(5-12(14)18)11-8-23-15-7-16(22-2)13(19)6-10(15)17(11)20/h3-8H,1-2H3. The van der Waals surface area contributed by atoms with Crippen molar-refractivity contribution in [1.29, 1.82) is 0 Å². The van der Waals surface area contributed by atoms with E-state index < -0.39 is 0 Å². The van der Waals surface area contributed by atoms with Crippen LogP contribution in [0.1, 0.15) is 0 Å². The van der Waals surface area contributed by atoms with Crippen molar-refractivity contribution in [2.75, 3.05) is 14.2 Å². The van der Waals surface area contributed by atoms with Gasteiger partial charge < -0.3 is 13.9 Å². The summed E-state index contributed by atoms with van der Waals surface area (Å²) < 4.78 is 17.5. The molecule has 1 heterocycles. The zero-order valence-corrected chi connectivity index (χ0v) is 15.5. The summed E-state index contributed by atoms with van der Waals surface area (Å²) in [4.78, 5) is 12.8. The first-order valence-electron chi connectivity index (χ1n) is 6.68. The number of hydrogen-bond acceptors (Lipinski definition) is 4. The van der Waals surface area contributed by atoms with Gasteiger partial charge in [0.1, 0.15) is 23.3 Å². The van der Waals surface area contributed by atoms with E-state index in [9.17, 15) is 4.79 Å². The van der Waals surface area contributed by atoms with E-state index in [-0.39, 0.29) is 5.43 Å². The molecule has 6 heteroatoms. The fourth-order valence-corrected chi connectivity index (χ4v) is 3.37. The quantitative estimate of drug-likeness (QED) is 0.576. The SMILES string of the molecule is COc1ccc(-c2coc3cc(OC)c(Br)cc3c2=O)cc1Br. The molecule has 0 atom stereocenters. The van der Waals surface area contributed by atoms with Crippen LogP contribution in [0.15, 0.2) is 54.8 Å². The Morgan fingerprint density at radius 3 is 2.30 bits per heavy atom. The molecule has 4 nitrogen and oxygen atoms in total. The fourth-order valence-electron chi connectivity index (χ4n) is 2.32. The van der Waals surface area contributed by atoms with Crippen LogP contribution in [0.5, 0.6) is 11.5 Å². The maximum absolute atomic E-state index is 12.8. The lowest BCUT2D eigenvalue weighted by Crippen LogP contribution is -2.05. The Bertz CT molecular complexity index is 947. The monoisotopic (exact) mass is 438 g/mol. The van der Waals surface area contributed by atoms with Crippen LogP contribution in [0.2, 0.25) is 0 Å². The molecular formula is C17H12Br2O4. The number of benzene rings is 2. The maximum Gasteiger partial charge on any atom is 0.200 e. The van der Waals surface area contributed by atoms with Gasteiger partial charge in [-0.2, -0.15) is 0 Å². The van der Waals surface area contributed by atoms with Gasteiger partial charge in [0.2, 0.25) is 5.43 Å². The molecule has 0 aliphatic carbocycles. The van der Waals surface area contributed by atoms with Gasteiger partial charge >= 0.3 is 0 Å². The van der Waals surface area contributed by atoms with Crippen molar-refractivity contribution in [3.63, 3.8) is 0 Å². The first-order chi connectivity index (χ1) is 11.0. The third kappa shape index (κ3) is 2.88. The number of methoxy groups -OCH3 is 2. The van der Waals surface area contributed by atoms with Crippen LogP contribution in [-0.2, 0) is 0 Å². The minimum absolute atomic E-state index is 0.105. The van der Waals surface area contributed by atoms with Gasteiger partial charge in [0.25, 0.3) is 0 Å². The molecule has 0 N–H and O–H groups in total. The second-order valence-corrected chi connectivity index (χ2v) is 6.52. The van der Waals surface area contributed by atoms with Crippen LogP contribution < -0.4 is 14.9 Å². The highest BCUT2D eigenvalue weighted by Crippen LogP contribution is 2.32. The maximum atomic E-state index is 12.8. The third-order valence-electron chi connectivity index (χ3n) is 3.51. The summed E-state index contributed by atoms with van der Waals surface area (Å²) in [5, 5.41) is 0.488. The Morgan fingerprint density at radius 1 is 0.957 bits per heavy atom. The number of rotatable bonds is 3. The molecule has 3 aromatic rings. The van der Waals surface area contributed by atoms with E-state index in [4.69, 9.17) is 13.9 Å². The topological polar surface area (TPSA) is 48.7 Å². The molecule has 0 amide bonds. The van der Waals surface area contributed by atoms with E-state index in [1.807, 2.05) is 12.1 Å². The number of fused-ring (bicyclic) bond motifs is 1. The molecule has 3 rings (SSSR count). The molecule has 0 radical (unpaired) electrons. The lowest BCUT2D eigenvalue weighted by molar-refractivity contribution is 0.411. The number of halogens is 2. The molecule has 0 bridgehead atoms. The molecule has 2 aromatic carbocycles. The fraction of sp³-hybridized carbons (Fsp3) is 0.118. The second-order valence-electron chi connectivity index (χ2n) is 4.81. The Labute approximate surface area is 149 Å². The zero-order chi connectivity index (χ0) is 16.6. The molecule has 0 saturated carbocycles. The van der Waals surface area contributed by atoms with Gasteiger partial charge in [-0.05, 0) is 55.6 Å². The number of hydrogen-bond donors (Lipinski definition) is 0. The smallest absolute Gasteiger partial charge is 0.200 e. The summed E-state index contributed by atoms with van der Waals surface area (Å²) >= 11 is 6.82. The van der Waals surface area contributed by atoms with Crippen molar-refractivity contribution >= 4 is 42.8 Å². The van der Waals surface area contributed by atoms with E-state index in [0.717, 1.165) is 10.0 Å². The summed E-state index contributed by atoms with van der Waals surface area (Å²) in [6.45, 7) is 0. The molecule has 0 spiro atoms. The van der Waals surface area contributed by atoms with Gasteiger partial charge in [0.05, 0.1) is 34.1 Å². The Kier molecular flexibility index (Phi) is 4.46. The van der Waals surface area contributed by atoms with Crippen LogP contribution >= 0.6 is 31.9 Å². The molecule has 0 saturated heterocycles. The van der Waals surface area contributed by atoms with Gasteiger partial charge in [-0.15, -0.1) is 0 Å². The summed E-state index contributed by atoms with van der Waals surface area (Å²) in [5.74, 6) is 1.31. The van der Waals surface area contributed by atoms with E-state index in [2.05, 4.69) is 31.9 Å². The van der Waals surface area contributed by atoms with Gasteiger partial charge in [-0.3, -0.25) is 4.79 Å². The summed E-state index contributed by atoms with van der Waals surface area (Å²) in [7, 11) is 3.16. The van der Waals surface area contributed by atoms with Crippen LogP contribution in [0, 0.1) is 0 Å². The normalized spacial score (nSPS) is 10.8. The predicted molar refractivity (Wildman–Crippen MR) is 96.4 cm³/mol. The average Bonchev–Trinajstić information content (AvgIpc) is 2.55. The van der Waals surface area contributed by atoms with Gasteiger partial charge in [-0.1, -0.05) is 6.07 Å². The Morgan fingerprint density at radius 2 is 1.65 bits per heavy atom.